The molecule has 6 nitrogen and oxygen atoms in total. The van der Waals surface area contributed by atoms with Gasteiger partial charge in [0.1, 0.15) is 5.82 Å². The Balaban J connectivity index is 2.02. The molecule has 1 unspecified atom stereocenters. The molecule has 10 heteroatoms. The van der Waals surface area contributed by atoms with E-state index in [0.717, 1.165) is 17.0 Å². The molecule has 0 saturated heterocycles. The number of nitrogens with zero attached hydrogens (tertiary/aromatic N) is 1. The number of carbonyl (C=O) groups is 2. The number of amides is 2. The SMILES string of the molecule is CN1C(=O)C(C(=O)Nc2ccc(Cl)c(Cl)c2)S(=O)(=O)c2cc(F)ccc21. The van der Waals surface area contributed by atoms with E-state index in [1.54, 1.807) is 0 Å². The van der Waals surface area contributed by atoms with Crippen LogP contribution in [0.4, 0.5) is 15.8 Å². The molecule has 136 valence electrons. The van der Waals surface area contributed by atoms with Crippen LogP contribution in [0.25, 0.3) is 0 Å². The van der Waals surface area contributed by atoms with Crippen molar-refractivity contribution >= 4 is 56.2 Å². The Hall–Kier alpha value is -2.16. The summed E-state index contributed by atoms with van der Waals surface area (Å²) in [6.07, 6.45) is 0. The zero-order valence-electron chi connectivity index (χ0n) is 13.2. The zero-order valence-corrected chi connectivity index (χ0v) is 15.5. The van der Waals surface area contributed by atoms with Crippen molar-refractivity contribution in [2.45, 2.75) is 10.1 Å². The summed E-state index contributed by atoms with van der Waals surface area (Å²) in [6.45, 7) is 0. The van der Waals surface area contributed by atoms with Crippen molar-refractivity contribution in [3.05, 3.63) is 52.3 Å². The first-order valence-corrected chi connectivity index (χ1v) is 9.50. The topological polar surface area (TPSA) is 83.6 Å². The molecule has 2 aromatic rings. The fraction of sp³-hybridized carbons (Fsp3) is 0.125. The minimum Gasteiger partial charge on any atom is -0.324 e. The summed E-state index contributed by atoms with van der Waals surface area (Å²) in [5.74, 6) is -2.81. The Morgan fingerprint density at radius 2 is 1.85 bits per heavy atom. The van der Waals surface area contributed by atoms with Crippen LogP contribution < -0.4 is 10.2 Å². The van der Waals surface area contributed by atoms with Crippen LogP contribution in [0.2, 0.25) is 10.0 Å². The number of anilines is 2. The van der Waals surface area contributed by atoms with E-state index in [2.05, 4.69) is 5.32 Å². The Morgan fingerprint density at radius 3 is 2.50 bits per heavy atom. The molecule has 1 aliphatic heterocycles. The van der Waals surface area contributed by atoms with Gasteiger partial charge in [0.05, 0.1) is 20.6 Å². The molecule has 2 aromatic carbocycles. The molecule has 0 fully saturated rings. The summed E-state index contributed by atoms with van der Waals surface area (Å²) in [5.41, 5.74) is 0.176. The summed E-state index contributed by atoms with van der Waals surface area (Å²) in [5, 5.41) is 0.675. The first-order valence-electron chi connectivity index (χ1n) is 7.20. The minimum absolute atomic E-state index is 0.00925. The monoisotopic (exact) mass is 416 g/mol. The number of benzene rings is 2. The molecule has 26 heavy (non-hydrogen) atoms. The highest BCUT2D eigenvalue weighted by atomic mass is 35.5. The van der Waals surface area contributed by atoms with E-state index < -0.39 is 37.6 Å². The second-order valence-corrected chi connectivity index (χ2v) is 8.37. The van der Waals surface area contributed by atoms with Gasteiger partial charge >= 0.3 is 0 Å². The average Bonchev–Trinajstić information content (AvgIpc) is 2.56. The number of carbonyl (C=O) groups excluding carboxylic acids is 2. The molecule has 0 radical (unpaired) electrons. The maximum atomic E-state index is 13.5. The predicted molar refractivity (Wildman–Crippen MR) is 95.9 cm³/mol. The van der Waals surface area contributed by atoms with Gasteiger partial charge < -0.3 is 10.2 Å². The molecule has 1 aliphatic rings. The highest BCUT2D eigenvalue weighted by Gasteiger charge is 2.48. The molecule has 1 atom stereocenters. The lowest BCUT2D eigenvalue weighted by atomic mass is 10.2. The third-order valence-corrected chi connectivity index (χ3v) is 6.60. The van der Waals surface area contributed by atoms with Crippen LogP contribution in [-0.2, 0) is 19.4 Å². The van der Waals surface area contributed by atoms with Crippen LogP contribution >= 0.6 is 23.2 Å². The van der Waals surface area contributed by atoms with E-state index in [1.807, 2.05) is 0 Å². The summed E-state index contributed by atoms with van der Waals surface area (Å²) >= 11 is 11.6. The van der Waals surface area contributed by atoms with Crippen LogP contribution in [0, 0.1) is 5.82 Å². The summed E-state index contributed by atoms with van der Waals surface area (Å²) in [4.78, 5) is 25.6. The van der Waals surface area contributed by atoms with E-state index >= 15 is 0 Å². The number of hydrogen-bond donors (Lipinski definition) is 1. The van der Waals surface area contributed by atoms with Crippen LogP contribution in [0.3, 0.4) is 0 Å². The molecule has 0 aromatic heterocycles. The Morgan fingerprint density at radius 1 is 1.15 bits per heavy atom. The van der Waals surface area contributed by atoms with Gasteiger partial charge in [-0.25, -0.2) is 12.8 Å². The largest absolute Gasteiger partial charge is 0.324 e. The zero-order chi connectivity index (χ0) is 19.2. The molecule has 0 spiro atoms. The Kier molecular flexibility index (Phi) is 4.68. The maximum absolute atomic E-state index is 13.5. The number of rotatable bonds is 2. The van der Waals surface area contributed by atoms with Gasteiger partial charge in [0.2, 0.25) is 15.1 Å². The van der Waals surface area contributed by atoms with Gasteiger partial charge in [-0.3, -0.25) is 9.59 Å². The van der Waals surface area contributed by atoms with Gasteiger partial charge in [0.25, 0.3) is 11.8 Å². The van der Waals surface area contributed by atoms with Crippen molar-refractivity contribution in [3.63, 3.8) is 0 Å². The van der Waals surface area contributed by atoms with Crippen molar-refractivity contribution in [1.82, 2.24) is 0 Å². The molecule has 0 bridgehead atoms. The van der Waals surface area contributed by atoms with Gasteiger partial charge in [0, 0.05) is 12.7 Å². The maximum Gasteiger partial charge on any atom is 0.255 e. The van der Waals surface area contributed by atoms with Gasteiger partial charge in [-0.2, -0.15) is 0 Å². The van der Waals surface area contributed by atoms with Gasteiger partial charge in [-0.05, 0) is 36.4 Å². The quantitative estimate of drug-likeness (QED) is 0.762. The smallest absolute Gasteiger partial charge is 0.255 e. The Labute approximate surface area is 158 Å². The highest BCUT2D eigenvalue weighted by Crippen LogP contribution is 2.35. The highest BCUT2D eigenvalue weighted by molar-refractivity contribution is 7.94. The molecule has 2 amide bonds. The van der Waals surface area contributed by atoms with Gasteiger partial charge in [-0.15, -0.1) is 0 Å². The summed E-state index contributed by atoms with van der Waals surface area (Å²) in [7, 11) is -3.11. The molecule has 3 rings (SSSR count). The average molecular weight is 417 g/mol. The number of hydrogen-bond acceptors (Lipinski definition) is 4. The standard InChI is InChI=1S/C16H11Cl2FN2O4S/c1-21-12-5-2-8(19)6-13(12)26(24,25)14(16(21)23)15(22)20-9-3-4-10(17)11(18)7-9/h2-7,14H,1H3,(H,20,22). The molecular formula is C16H11Cl2FN2O4S. The third kappa shape index (κ3) is 3.04. The van der Waals surface area contributed by atoms with Crippen LogP contribution in [0.5, 0.6) is 0 Å². The normalized spacial score (nSPS) is 18.4. The van der Waals surface area contributed by atoms with E-state index in [0.29, 0.717) is 0 Å². The Bertz CT molecular complexity index is 1040. The van der Waals surface area contributed by atoms with Crippen LogP contribution in [0.15, 0.2) is 41.3 Å². The number of halogens is 3. The number of sulfone groups is 1. The van der Waals surface area contributed by atoms with Crippen molar-refractivity contribution in [1.29, 1.82) is 0 Å². The molecular weight excluding hydrogens is 406 g/mol. The van der Waals surface area contributed by atoms with Gasteiger partial charge in [0.15, 0.2) is 0 Å². The minimum atomic E-state index is -4.43. The lowest BCUT2D eigenvalue weighted by molar-refractivity contribution is -0.124. The molecule has 0 saturated carbocycles. The fourth-order valence-corrected chi connectivity index (χ4v) is 4.67. The van der Waals surface area contributed by atoms with E-state index in [9.17, 15) is 22.4 Å². The molecule has 0 aliphatic carbocycles. The molecule has 1 heterocycles. The van der Waals surface area contributed by atoms with Crippen molar-refractivity contribution < 1.29 is 22.4 Å². The van der Waals surface area contributed by atoms with E-state index in [-0.39, 0.29) is 21.4 Å². The second kappa shape index (κ2) is 6.53. The molecule has 1 N–H and O–H groups in total. The summed E-state index contributed by atoms with van der Waals surface area (Å²) in [6, 6.07) is 7.13. The number of nitrogens with one attached hydrogen (secondary N) is 1. The van der Waals surface area contributed by atoms with Crippen molar-refractivity contribution in [2.24, 2.45) is 0 Å². The second-order valence-electron chi connectivity index (χ2n) is 5.55. The van der Waals surface area contributed by atoms with E-state index in [4.69, 9.17) is 23.2 Å². The number of fused-ring (bicyclic) bond motifs is 1. The fourth-order valence-electron chi connectivity index (χ4n) is 2.58. The lowest BCUT2D eigenvalue weighted by Crippen LogP contribution is -2.51. The van der Waals surface area contributed by atoms with Crippen molar-refractivity contribution in [3.8, 4) is 0 Å². The predicted octanol–water partition coefficient (Wildman–Crippen LogP) is 2.89. The van der Waals surface area contributed by atoms with Crippen LogP contribution in [-0.4, -0.2) is 32.5 Å². The van der Waals surface area contributed by atoms with Crippen molar-refractivity contribution in [2.75, 3.05) is 17.3 Å². The van der Waals surface area contributed by atoms with Crippen LogP contribution in [0.1, 0.15) is 0 Å². The first kappa shape index (κ1) is 18.6. The third-order valence-electron chi connectivity index (χ3n) is 3.88. The van der Waals surface area contributed by atoms with E-state index in [1.165, 1.54) is 31.3 Å². The summed E-state index contributed by atoms with van der Waals surface area (Å²) < 4.78 is 39.0. The van der Waals surface area contributed by atoms with Gasteiger partial charge in [-0.1, -0.05) is 23.2 Å². The lowest BCUT2D eigenvalue weighted by Gasteiger charge is -2.30. The first-order chi connectivity index (χ1) is 12.1.